The molecule has 2 amide bonds. The van der Waals surface area contributed by atoms with Gasteiger partial charge < -0.3 is 29.2 Å². The van der Waals surface area contributed by atoms with Crippen LogP contribution in [-0.4, -0.2) is 38.4 Å². The Morgan fingerprint density at radius 1 is 0.971 bits per heavy atom. The first-order chi connectivity index (χ1) is 16.6. The Morgan fingerprint density at radius 3 is 2.65 bits per heavy atom. The fourth-order valence-corrected chi connectivity index (χ4v) is 3.82. The second kappa shape index (κ2) is 9.35. The molecule has 0 bridgehead atoms. The van der Waals surface area contributed by atoms with Crippen molar-refractivity contribution < 1.29 is 28.5 Å². The third-order valence-electron chi connectivity index (χ3n) is 5.61. The number of carbonyl (C=O) groups is 2. The molecule has 0 saturated carbocycles. The summed E-state index contributed by atoms with van der Waals surface area (Å²) in [4.78, 5) is 26.8. The number of nitrogens with one attached hydrogen (secondary N) is 1. The molecule has 2 heterocycles. The summed E-state index contributed by atoms with van der Waals surface area (Å²) in [6.07, 6.45) is 0.668. The molecule has 2 aliphatic heterocycles. The Kier molecular flexibility index (Phi) is 5.95. The quantitative estimate of drug-likeness (QED) is 0.533. The number of benzene rings is 3. The van der Waals surface area contributed by atoms with Gasteiger partial charge in [-0.05, 0) is 55.8 Å². The zero-order valence-corrected chi connectivity index (χ0v) is 18.7. The van der Waals surface area contributed by atoms with Crippen molar-refractivity contribution in [2.24, 2.45) is 0 Å². The second-order valence-electron chi connectivity index (χ2n) is 8.05. The van der Waals surface area contributed by atoms with Crippen molar-refractivity contribution >= 4 is 23.2 Å². The second-order valence-corrected chi connectivity index (χ2v) is 8.05. The lowest BCUT2D eigenvalue weighted by molar-refractivity contribution is -0.121. The van der Waals surface area contributed by atoms with Gasteiger partial charge in [-0.3, -0.25) is 9.59 Å². The summed E-state index contributed by atoms with van der Waals surface area (Å²) >= 11 is 0. The highest BCUT2D eigenvalue weighted by Crippen LogP contribution is 2.36. The summed E-state index contributed by atoms with van der Waals surface area (Å²) in [5.74, 6) is 2.12. The predicted molar refractivity (Wildman–Crippen MR) is 126 cm³/mol. The van der Waals surface area contributed by atoms with E-state index < -0.39 is 0 Å². The minimum absolute atomic E-state index is 0.0502. The molecule has 0 radical (unpaired) electrons. The Morgan fingerprint density at radius 2 is 1.79 bits per heavy atom. The third kappa shape index (κ3) is 4.61. The summed E-state index contributed by atoms with van der Waals surface area (Å²) in [6, 6.07) is 18.2. The van der Waals surface area contributed by atoms with Crippen LogP contribution in [0.2, 0.25) is 0 Å². The summed E-state index contributed by atoms with van der Waals surface area (Å²) in [7, 11) is 0. The average molecular weight is 460 g/mol. The van der Waals surface area contributed by atoms with Gasteiger partial charge in [-0.15, -0.1) is 0 Å². The highest BCUT2D eigenvalue weighted by atomic mass is 16.7. The number of nitrogens with zero attached hydrogens (tertiary/aromatic N) is 1. The molecule has 0 fully saturated rings. The maximum atomic E-state index is 12.7. The largest absolute Gasteiger partial charge is 0.494 e. The molecular formula is C26H24N2O6. The summed E-state index contributed by atoms with van der Waals surface area (Å²) in [5, 5.41) is 2.86. The summed E-state index contributed by atoms with van der Waals surface area (Å²) in [5.41, 5.74) is 2.87. The van der Waals surface area contributed by atoms with Crippen LogP contribution in [0.4, 0.5) is 11.4 Å². The fourth-order valence-electron chi connectivity index (χ4n) is 3.82. The van der Waals surface area contributed by atoms with E-state index in [0.717, 1.165) is 5.75 Å². The van der Waals surface area contributed by atoms with Gasteiger partial charge in [0.15, 0.2) is 18.1 Å². The number of fused-ring (bicyclic) bond motifs is 2. The molecule has 3 aromatic rings. The number of amides is 2. The normalized spacial score (nSPS) is 13.8. The molecule has 2 aliphatic rings. The number of carbonyl (C=O) groups excluding carboxylic acids is 2. The maximum Gasteiger partial charge on any atom is 0.265 e. The molecule has 3 aromatic carbocycles. The highest BCUT2D eigenvalue weighted by Gasteiger charge is 2.26. The molecular weight excluding hydrogens is 436 g/mol. The van der Waals surface area contributed by atoms with Crippen molar-refractivity contribution in [3.8, 4) is 23.0 Å². The molecule has 0 atom stereocenters. The first kappa shape index (κ1) is 21.6. The van der Waals surface area contributed by atoms with Gasteiger partial charge in [0.25, 0.3) is 11.8 Å². The zero-order valence-electron chi connectivity index (χ0n) is 18.7. The SMILES string of the molecule is Cc1ccc(OCCCN2C(=O)COc3cc(NC(=O)c4ccc5c(c4)OCO5)ccc32)cc1. The first-order valence-corrected chi connectivity index (χ1v) is 11.0. The van der Waals surface area contributed by atoms with Crippen LogP contribution in [0.1, 0.15) is 22.3 Å². The number of aryl methyl sites for hydroxylation is 1. The number of anilines is 2. The van der Waals surface area contributed by atoms with Gasteiger partial charge in [0.05, 0.1) is 12.3 Å². The van der Waals surface area contributed by atoms with Gasteiger partial charge >= 0.3 is 0 Å². The van der Waals surface area contributed by atoms with Crippen LogP contribution in [0, 0.1) is 6.92 Å². The first-order valence-electron chi connectivity index (χ1n) is 11.0. The van der Waals surface area contributed by atoms with Crippen molar-refractivity contribution in [1.29, 1.82) is 0 Å². The lowest BCUT2D eigenvalue weighted by Gasteiger charge is -2.29. The molecule has 0 saturated heterocycles. The summed E-state index contributed by atoms with van der Waals surface area (Å²) < 4.78 is 22.0. The molecule has 0 spiro atoms. The van der Waals surface area contributed by atoms with E-state index in [1.54, 1.807) is 41.3 Å². The predicted octanol–water partition coefficient (Wildman–Crippen LogP) is 4.17. The van der Waals surface area contributed by atoms with Crippen LogP contribution >= 0.6 is 0 Å². The van der Waals surface area contributed by atoms with Gasteiger partial charge in [0.1, 0.15) is 11.5 Å². The number of hydrogen-bond acceptors (Lipinski definition) is 6. The lowest BCUT2D eigenvalue weighted by atomic mass is 10.1. The monoisotopic (exact) mass is 460 g/mol. The fraction of sp³-hybridized carbons (Fsp3) is 0.231. The summed E-state index contributed by atoms with van der Waals surface area (Å²) in [6.45, 7) is 3.12. The molecule has 0 aromatic heterocycles. The van der Waals surface area contributed by atoms with Crippen molar-refractivity contribution in [2.75, 3.05) is 36.8 Å². The lowest BCUT2D eigenvalue weighted by Crippen LogP contribution is -2.39. The van der Waals surface area contributed by atoms with Crippen LogP contribution in [-0.2, 0) is 4.79 Å². The zero-order chi connectivity index (χ0) is 23.5. The smallest absolute Gasteiger partial charge is 0.265 e. The van der Waals surface area contributed by atoms with Crippen LogP contribution in [0.15, 0.2) is 60.7 Å². The molecule has 8 heteroatoms. The molecule has 34 heavy (non-hydrogen) atoms. The topological polar surface area (TPSA) is 86.3 Å². The van der Waals surface area contributed by atoms with Gasteiger partial charge in [-0.1, -0.05) is 17.7 Å². The molecule has 1 N–H and O–H groups in total. The van der Waals surface area contributed by atoms with Crippen molar-refractivity contribution in [1.82, 2.24) is 0 Å². The van der Waals surface area contributed by atoms with Gasteiger partial charge in [0, 0.05) is 23.9 Å². The number of rotatable bonds is 7. The maximum absolute atomic E-state index is 12.7. The highest BCUT2D eigenvalue weighted by molar-refractivity contribution is 6.05. The van der Waals surface area contributed by atoms with Gasteiger partial charge in [-0.2, -0.15) is 0 Å². The van der Waals surface area contributed by atoms with E-state index in [1.165, 1.54) is 5.56 Å². The third-order valence-corrected chi connectivity index (χ3v) is 5.61. The molecule has 0 aliphatic carbocycles. The van der Waals surface area contributed by atoms with Crippen molar-refractivity contribution in [3.63, 3.8) is 0 Å². The molecule has 174 valence electrons. The van der Waals surface area contributed by atoms with E-state index in [0.29, 0.717) is 53.8 Å². The van der Waals surface area contributed by atoms with Gasteiger partial charge in [0.2, 0.25) is 6.79 Å². The van der Waals surface area contributed by atoms with Crippen LogP contribution in [0.3, 0.4) is 0 Å². The van der Waals surface area contributed by atoms with Crippen molar-refractivity contribution in [3.05, 3.63) is 71.8 Å². The van der Waals surface area contributed by atoms with E-state index in [-0.39, 0.29) is 25.2 Å². The number of hydrogen-bond donors (Lipinski definition) is 1. The molecule has 5 rings (SSSR count). The van der Waals surface area contributed by atoms with Crippen LogP contribution in [0.5, 0.6) is 23.0 Å². The van der Waals surface area contributed by atoms with Crippen molar-refractivity contribution in [2.45, 2.75) is 13.3 Å². The molecule has 0 unspecified atom stereocenters. The van der Waals surface area contributed by atoms with E-state index in [1.807, 2.05) is 31.2 Å². The van der Waals surface area contributed by atoms with E-state index in [2.05, 4.69) is 5.32 Å². The van der Waals surface area contributed by atoms with Gasteiger partial charge in [-0.25, -0.2) is 0 Å². The minimum atomic E-state index is -0.282. The standard InChI is InChI=1S/C26H24N2O6/c1-17-3-7-20(8-4-17)31-12-2-11-28-21-9-6-19(14-23(21)32-15-25(28)29)27-26(30)18-5-10-22-24(13-18)34-16-33-22/h3-10,13-14H,2,11-12,15-16H2,1H3,(H,27,30). The Hall–Kier alpha value is -4.20. The van der Waals surface area contributed by atoms with E-state index in [4.69, 9.17) is 18.9 Å². The van der Waals surface area contributed by atoms with E-state index in [9.17, 15) is 9.59 Å². The van der Waals surface area contributed by atoms with Crippen LogP contribution < -0.4 is 29.2 Å². The Bertz CT molecular complexity index is 1220. The van der Waals surface area contributed by atoms with E-state index >= 15 is 0 Å². The minimum Gasteiger partial charge on any atom is -0.494 e. The Labute approximate surface area is 197 Å². The average Bonchev–Trinajstić information content (AvgIpc) is 3.32. The number of ether oxygens (including phenoxy) is 4. The Balaban J connectivity index is 1.21. The molecule has 8 nitrogen and oxygen atoms in total. The van der Waals surface area contributed by atoms with Crippen LogP contribution in [0.25, 0.3) is 0 Å².